The Balaban J connectivity index is 1.60. The lowest BCUT2D eigenvalue weighted by atomic mass is 10.0. The summed E-state index contributed by atoms with van der Waals surface area (Å²) in [6, 6.07) is 31.3. The lowest BCUT2D eigenvalue weighted by Gasteiger charge is -2.26. The minimum atomic E-state index is -0.827. The molecule has 6 rings (SSSR count). The molecule has 0 saturated carbocycles. The zero-order chi connectivity index (χ0) is 27.6. The molecule has 0 atom stereocenters. The fourth-order valence-corrected chi connectivity index (χ4v) is 4.87. The van der Waals surface area contributed by atoms with E-state index >= 15 is 0 Å². The number of rotatable bonds is 5. The van der Waals surface area contributed by atoms with Gasteiger partial charge in [0.15, 0.2) is 0 Å². The van der Waals surface area contributed by atoms with Gasteiger partial charge in [-0.3, -0.25) is 19.9 Å². The van der Waals surface area contributed by atoms with Crippen LogP contribution in [0.15, 0.2) is 121 Å². The minimum absolute atomic E-state index is 0.173. The Morgan fingerprint density at radius 1 is 0.750 bits per heavy atom. The molecule has 0 unspecified atom stereocenters. The summed E-state index contributed by atoms with van der Waals surface area (Å²) in [7, 11) is 0. The van der Waals surface area contributed by atoms with Crippen LogP contribution in [-0.2, 0) is 9.59 Å². The third-order valence-electron chi connectivity index (χ3n) is 6.54. The number of anilines is 1. The van der Waals surface area contributed by atoms with Gasteiger partial charge in [-0.25, -0.2) is 9.69 Å². The van der Waals surface area contributed by atoms with Crippen molar-refractivity contribution in [2.45, 2.75) is 0 Å². The number of benzene rings is 3. The lowest BCUT2D eigenvalue weighted by molar-refractivity contribution is -0.122. The molecule has 4 amide bonds. The number of aromatic nitrogens is 2. The second kappa shape index (κ2) is 10.5. The van der Waals surface area contributed by atoms with Crippen LogP contribution in [0.1, 0.15) is 5.56 Å². The van der Waals surface area contributed by atoms with Crippen LogP contribution in [-0.4, -0.2) is 27.4 Å². The fraction of sp³-hybridized carbons (Fsp3) is 0. The molecule has 0 spiro atoms. The van der Waals surface area contributed by atoms with Crippen molar-refractivity contribution in [2.24, 2.45) is 0 Å². The van der Waals surface area contributed by atoms with Crippen LogP contribution < -0.4 is 10.2 Å². The highest BCUT2D eigenvalue weighted by atomic mass is 35.5. The van der Waals surface area contributed by atoms with Crippen molar-refractivity contribution in [3.8, 4) is 28.2 Å². The summed E-state index contributed by atoms with van der Waals surface area (Å²) >= 11 is 6.22. The highest BCUT2D eigenvalue weighted by Crippen LogP contribution is 2.38. The van der Waals surface area contributed by atoms with Gasteiger partial charge in [-0.1, -0.05) is 72.3 Å². The number of barbiturate groups is 1. The van der Waals surface area contributed by atoms with Crippen molar-refractivity contribution in [1.29, 1.82) is 0 Å². The predicted molar refractivity (Wildman–Crippen MR) is 155 cm³/mol. The van der Waals surface area contributed by atoms with Gasteiger partial charge in [0.2, 0.25) is 0 Å². The molecule has 0 aliphatic carbocycles. The van der Waals surface area contributed by atoms with E-state index in [2.05, 4.69) is 14.9 Å². The SMILES string of the molecule is O=C1NC(=O)N(c2cccnc2)C(=O)/C1=C\c1cc(-c2ccccc2)n(-c2ccc(Cl)cc2)c1-c1ccccc1. The molecule has 1 saturated heterocycles. The van der Waals surface area contributed by atoms with Crippen LogP contribution in [0.3, 0.4) is 0 Å². The predicted octanol–water partition coefficient (Wildman–Crippen LogP) is 6.53. The molecule has 1 fully saturated rings. The summed E-state index contributed by atoms with van der Waals surface area (Å²) in [6.45, 7) is 0. The van der Waals surface area contributed by atoms with Crippen molar-refractivity contribution in [1.82, 2.24) is 14.9 Å². The maximum Gasteiger partial charge on any atom is 0.336 e. The lowest BCUT2D eigenvalue weighted by Crippen LogP contribution is -2.54. The quantitative estimate of drug-likeness (QED) is 0.201. The van der Waals surface area contributed by atoms with Gasteiger partial charge in [0.05, 0.1) is 23.3 Å². The van der Waals surface area contributed by atoms with E-state index in [9.17, 15) is 14.4 Å². The second-order valence-electron chi connectivity index (χ2n) is 9.05. The van der Waals surface area contributed by atoms with E-state index in [4.69, 9.17) is 11.6 Å². The number of carbonyl (C=O) groups is 3. The highest BCUT2D eigenvalue weighted by Gasteiger charge is 2.37. The van der Waals surface area contributed by atoms with Gasteiger partial charge < -0.3 is 4.57 Å². The Bertz CT molecular complexity index is 1760. The average molecular weight is 545 g/mol. The smallest absolute Gasteiger partial charge is 0.309 e. The summed E-state index contributed by atoms with van der Waals surface area (Å²) in [6.07, 6.45) is 4.47. The molecule has 8 heteroatoms. The van der Waals surface area contributed by atoms with Gasteiger partial charge in [0.25, 0.3) is 11.8 Å². The number of amides is 4. The first-order chi connectivity index (χ1) is 19.5. The Hall–Kier alpha value is -5.27. The fourth-order valence-electron chi connectivity index (χ4n) is 4.74. The molecule has 5 aromatic rings. The Morgan fingerprint density at radius 3 is 2.08 bits per heavy atom. The molecule has 1 aliphatic rings. The van der Waals surface area contributed by atoms with E-state index < -0.39 is 17.8 Å². The highest BCUT2D eigenvalue weighted by molar-refractivity contribution is 6.39. The number of hydrogen-bond acceptors (Lipinski definition) is 4. The number of imide groups is 2. The molecule has 3 aromatic carbocycles. The van der Waals surface area contributed by atoms with Gasteiger partial charge in [-0.05, 0) is 59.7 Å². The number of carbonyl (C=O) groups excluding carboxylic acids is 3. The van der Waals surface area contributed by atoms with E-state index in [-0.39, 0.29) is 11.3 Å². The molecule has 2 aromatic heterocycles. The van der Waals surface area contributed by atoms with Crippen molar-refractivity contribution in [2.75, 3.05) is 4.90 Å². The largest absolute Gasteiger partial charge is 0.336 e. The summed E-state index contributed by atoms with van der Waals surface area (Å²) in [5.74, 6) is -1.50. The summed E-state index contributed by atoms with van der Waals surface area (Å²) in [5.41, 5.74) is 4.97. The van der Waals surface area contributed by atoms with Crippen molar-refractivity contribution >= 4 is 41.2 Å². The molecule has 40 heavy (non-hydrogen) atoms. The zero-order valence-electron chi connectivity index (χ0n) is 21.0. The first kappa shape index (κ1) is 25.0. The molecule has 1 aliphatic heterocycles. The molecule has 0 bridgehead atoms. The number of pyridine rings is 1. The normalized spacial score (nSPS) is 14.5. The average Bonchev–Trinajstić information content (AvgIpc) is 3.36. The number of nitrogens with zero attached hydrogens (tertiary/aromatic N) is 3. The number of nitrogens with one attached hydrogen (secondary N) is 1. The van der Waals surface area contributed by atoms with Crippen LogP contribution in [0.5, 0.6) is 0 Å². The second-order valence-corrected chi connectivity index (χ2v) is 9.48. The summed E-state index contributed by atoms with van der Waals surface area (Å²) < 4.78 is 2.07. The summed E-state index contributed by atoms with van der Waals surface area (Å²) in [4.78, 5) is 44.2. The van der Waals surface area contributed by atoms with Crippen LogP contribution in [0.25, 0.3) is 34.3 Å². The van der Waals surface area contributed by atoms with E-state index in [1.165, 1.54) is 18.5 Å². The Kier molecular flexibility index (Phi) is 6.56. The molecular formula is C32H21ClN4O3. The third kappa shape index (κ3) is 4.59. The Morgan fingerprint density at radius 2 is 1.43 bits per heavy atom. The van der Waals surface area contributed by atoms with Crippen molar-refractivity contribution in [3.05, 3.63) is 132 Å². The minimum Gasteiger partial charge on any atom is -0.309 e. The van der Waals surface area contributed by atoms with Crippen LogP contribution in [0.2, 0.25) is 5.02 Å². The maximum absolute atomic E-state index is 13.6. The van der Waals surface area contributed by atoms with Crippen LogP contribution in [0, 0.1) is 0 Å². The number of urea groups is 1. The van der Waals surface area contributed by atoms with E-state index in [1.54, 1.807) is 12.1 Å². The van der Waals surface area contributed by atoms with Crippen LogP contribution in [0.4, 0.5) is 10.5 Å². The van der Waals surface area contributed by atoms with Crippen molar-refractivity contribution < 1.29 is 14.4 Å². The number of hydrogen-bond donors (Lipinski definition) is 1. The summed E-state index contributed by atoms with van der Waals surface area (Å²) in [5, 5.41) is 2.89. The Labute approximate surface area is 235 Å². The van der Waals surface area contributed by atoms with E-state index in [0.717, 1.165) is 33.1 Å². The van der Waals surface area contributed by atoms with Gasteiger partial charge >= 0.3 is 6.03 Å². The zero-order valence-corrected chi connectivity index (χ0v) is 21.7. The maximum atomic E-state index is 13.6. The first-order valence-corrected chi connectivity index (χ1v) is 12.8. The molecule has 7 nitrogen and oxygen atoms in total. The third-order valence-corrected chi connectivity index (χ3v) is 6.79. The molecule has 194 valence electrons. The van der Waals surface area contributed by atoms with Gasteiger partial charge in [-0.2, -0.15) is 0 Å². The molecular weight excluding hydrogens is 524 g/mol. The molecule has 1 N–H and O–H groups in total. The van der Waals surface area contributed by atoms with E-state index in [1.807, 2.05) is 91.0 Å². The molecule has 0 radical (unpaired) electrons. The standard InChI is InChI=1S/C32H21ClN4O3/c33-24-13-15-25(16-14-24)36-28(21-8-3-1-4-9-21)19-23(29(36)22-10-5-2-6-11-22)18-27-30(38)35-32(40)37(31(27)39)26-12-7-17-34-20-26/h1-20H,(H,35,38,40)/b27-18-. The monoisotopic (exact) mass is 544 g/mol. The van der Waals surface area contributed by atoms with Crippen molar-refractivity contribution in [3.63, 3.8) is 0 Å². The van der Waals surface area contributed by atoms with Gasteiger partial charge in [0.1, 0.15) is 5.57 Å². The van der Waals surface area contributed by atoms with Gasteiger partial charge in [-0.15, -0.1) is 0 Å². The van der Waals surface area contributed by atoms with Gasteiger partial charge in [0, 0.05) is 22.5 Å². The van der Waals surface area contributed by atoms with E-state index in [0.29, 0.717) is 10.6 Å². The topological polar surface area (TPSA) is 84.3 Å². The first-order valence-electron chi connectivity index (χ1n) is 12.5. The number of halogens is 1. The van der Waals surface area contributed by atoms with Crippen LogP contribution >= 0.6 is 11.6 Å². The molecule has 3 heterocycles.